The molecule has 0 aromatic rings. The molecule has 1 aliphatic rings. The lowest BCUT2D eigenvalue weighted by molar-refractivity contribution is -0.121. The Kier molecular flexibility index (Phi) is 11.0. The first-order chi connectivity index (χ1) is 11.2. The number of carbonyl (C=O) groups is 2. The number of carbonyl (C=O) groups excluding carboxylic acids is 2. The SMILES string of the molecule is CCCCCCCCCCCCCCCC(=O)C1O[C@H]1C(N)=O. The fourth-order valence-electron chi connectivity index (χ4n) is 3.03. The van der Waals surface area contributed by atoms with Crippen LogP contribution >= 0.6 is 0 Å². The maximum Gasteiger partial charge on any atom is 0.249 e. The lowest BCUT2D eigenvalue weighted by Gasteiger charge is -2.02. The molecule has 1 amide bonds. The molecule has 2 N–H and O–H groups in total. The number of primary amides is 1. The van der Waals surface area contributed by atoms with Crippen molar-refractivity contribution in [1.29, 1.82) is 0 Å². The molecule has 0 bridgehead atoms. The van der Waals surface area contributed by atoms with E-state index in [9.17, 15) is 9.59 Å². The summed E-state index contributed by atoms with van der Waals surface area (Å²) in [5.41, 5.74) is 5.08. The number of amides is 1. The second kappa shape index (κ2) is 12.5. The normalized spacial score (nSPS) is 19.7. The lowest BCUT2D eigenvalue weighted by atomic mass is 10.0. The summed E-state index contributed by atoms with van der Waals surface area (Å²) < 4.78 is 4.98. The van der Waals surface area contributed by atoms with Crippen molar-refractivity contribution in [3.63, 3.8) is 0 Å². The quantitative estimate of drug-likeness (QED) is 0.340. The molecule has 134 valence electrons. The first-order valence-electron chi connectivity index (χ1n) is 9.64. The highest BCUT2D eigenvalue weighted by atomic mass is 16.6. The summed E-state index contributed by atoms with van der Waals surface area (Å²) in [6, 6.07) is 0. The molecule has 1 saturated heterocycles. The first-order valence-corrected chi connectivity index (χ1v) is 9.64. The molecule has 0 aromatic heterocycles. The highest BCUT2D eigenvalue weighted by molar-refractivity contribution is 5.95. The molecular weight excluding hydrogens is 290 g/mol. The molecule has 0 radical (unpaired) electrons. The molecule has 4 heteroatoms. The molecule has 0 spiro atoms. The Morgan fingerprint density at radius 2 is 1.17 bits per heavy atom. The third kappa shape index (κ3) is 9.75. The molecule has 0 saturated carbocycles. The second-order valence-electron chi connectivity index (χ2n) is 6.84. The molecular formula is C19H35NO3. The third-order valence-electron chi connectivity index (χ3n) is 4.62. The van der Waals surface area contributed by atoms with Crippen LogP contribution in [-0.4, -0.2) is 23.9 Å². The summed E-state index contributed by atoms with van der Waals surface area (Å²) in [4.78, 5) is 22.5. The standard InChI is InChI=1S/C19H35NO3/c1-2-3-4-5-6-7-8-9-10-11-12-13-14-15-16(21)17-18(23-17)19(20)22/h17-18H,2-15H2,1H3,(H2,20,22)/t17?,18-/m1/s1. The largest absolute Gasteiger partial charge is 0.367 e. The number of ketones is 1. The van der Waals surface area contributed by atoms with Crippen molar-refractivity contribution in [2.45, 2.75) is 109 Å². The minimum absolute atomic E-state index is 0.0388. The third-order valence-corrected chi connectivity index (χ3v) is 4.62. The zero-order chi connectivity index (χ0) is 16.9. The minimum Gasteiger partial charge on any atom is -0.367 e. The van der Waals surface area contributed by atoms with Crippen LogP contribution in [-0.2, 0) is 14.3 Å². The Balaban J connectivity index is 1.77. The molecule has 1 rings (SSSR count). The number of nitrogens with two attached hydrogens (primary N) is 1. The number of hydrogen-bond donors (Lipinski definition) is 1. The van der Waals surface area contributed by atoms with E-state index in [2.05, 4.69) is 6.92 Å². The van der Waals surface area contributed by atoms with Crippen LogP contribution in [0.3, 0.4) is 0 Å². The van der Waals surface area contributed by atoms with E-state index in [-0.39, 0.29) is 5.78 Å². The lowest BCUT2D eigenvalue weighted by Crippen LogP contribution is -2.22. The number of ether oxygens (including phenoxy) is 1. The van der Waals surface area contributed by atoms with E-state index < -0.39 is 18.1 Å². The highest BCUT2D eigenvalue weighted by Gasteiger charge is 2.48. The maximum absolute atomic E-state index is 11.7. The Morgan fingerprint density at radius 1 is 0.739 bits per heavy atom. The van der Waals surface area contributed by atoms with Crippen LogP contribution in [0.4, 0.5) is 0 Å². The van der Waals surface area contributed by atoms with E-state index in [1.165, 1.54) is 70.6 Å². The van der Waals surface area contributed by atoms with Gasteiger partial charge in [-0.05, 0) is 6.42 Å². The summed E-state index contributed by atoms with van der Waals surface area (Å²) in [7, 11) is 0. The highest BCUT2D eigenvalue weighted by Crippen LogP contribution is 2.24. The first kappa shape index (κ1) is 20.1. The number of hydrogen-bond acceptors (Lipinski definition) is 3. The van der Waals surface area contributed by atoms with E-state index in [1.807, 2.05) is 0 Å². The van der Waals surface area contributed by atoms with Gasteiger partial charge >= 0.3 is 0 Å². The van der Waals surface area contributed by atoms with Gasteiger partial charge in [0.1, 0.15) is 0 Å². The van der Waals surface area contributed by atoms with E-state index >= 15 is 0 Å². The zero-order valence-corrected chi connectivity index (χ0v) is 14.9. The van der Waals surface area contributed by atoms with Gasteiger partial charge in [-0.3, -0.25) is 9.59 Å². The van der Waals surface area contributed by atoms with Crippen molar-refractivity contribution < 1.29 is 14.3 Å². The fraction of sp³-hybridized carbons (Fsp3) is 0.895. The number of epoxide rings is 1. The Labute approximate surface area is 141 Å². The van der Waals surface area contributed by atoms with E-state index in [0.717, 1.165) is 12.8 Å². The van der Waals surface area contributed by atoms with Gasteiger partial charge < -0.3 is 10.5 Å². The van der Waals surface area contributed by atoms with Gasteiger partial charge in [0.2, 0.25) is 5.91 Å². The zero-order valence-electron chi connectivity index (χ0n) is 14.9. The Bertz CT molecular complexity index is 344. The fourth-order valence-corrected chi connectivity index (χ4v) is 3.03. The van der Waals surface area contributed by atoms with Crippen molar-refractivity contribution in [2.75, 3.05) is 0 Å². The van der Waals surface area contributed by atoms with Crippen LogP contribution in [0.2, 0.25) is 0 Å². The minimum atomic E-state index is -0.649. The summed E-state index contributed by atoms with van der Waals surface area (Å²) >= 11 is 0. The van der Waals surface area contributed by atoms with Crippen molar-refractivity contribution in [3.05, 3.63) is 0 Å². The second-order valence-corrected chi connectivity index (χ2v) is 6.84. The topological polar surface area (TPSA) is 72.7 Å². The molecule has 1 unspecified atom stereocenters. The van der Waals surface area contributed by atoms with Crippen molar-refractivity contribution in [1.82, 2.24) is 0 Å². The van der Waals surface area contributed by atoms with Gasteiger partial charge in [-0.2, -0.15) is 0 Å². The average Bonchev–Trinajstić information content (AvgIpc) is 3.32. The van der Waals surface area contributed by atoms with Crippen molar-refractivity contribution in [3.8, 4) is 0 Å². The van der Waals surface area contributed by atoms with Crippen LogP contribution in [0.5, 0.6) is 0 Å². The van der Waals surface area contributed by atoms with Crippen LogP contribution in [0.15, 0.2) is 0 Å². The number of unbranched alkanes of at least 4 members (excludes halogenated alkanes) is 12. The number of Topliss-reactive ketones (excluding diaryl/α,β-unsaturated/α-hetero) is 1. The average molecular weight is 325 g/mol. The molecule has 1 fully saturated rings. The predicted octanol–water partition coefficient (Wildman–Crippen LogP) is 4.29. The van der Waals surface area contributed by atoms with Gasteiger partial charge in [-0.1, -0.05) is 84.0 Å². The van der Waals surface area contributed by atoms with Crippen LogP contribution in [0, 0.1) is 0 Å². The van der Waals surface area contributed by atoms with E-state index in [0.29, 0.717) is 6.42 Å². The number of rotatable bonds is 16. The Hall–Kier alpha value is -0.900. The summed E-state index contributed by atoms with van der Waals surface area (Å²) in [5, 5.41) is 0. The molecule has 23 heavy (non-hydrogen) atoms. The van der Waals surface area contributed by atoms with E-state index in [4.69, 9.17) is 10.5 Å². The summed E-state index contributed by atoms with van der Waals surface area (Å²) in [6.07, 6.45) is 16.2. The van der Waals surface area contributed by atoms with Crippen LogP contribution < -0.4 is 5.73 Å². The molecule has 0 aliphatic carbocycles. The van der Waals surface area contributed by atoms with Gasteiger partial charge in [0, 0.05) is 6.42 Å². The molecule has 2 atom stereocenters. The van der Waals surface area contributed by atoms with Gasteiger partial charge in [0.15, 0.2) is 18.0 Å². The monoisotopic (exact) mass is 325 g/mol. The van der Waals surface area contributed by atoms with Gasteiger partial charge in [-0.15, -0.1) is 0 Å². The summed E-state index contributed by atoms with van der Waals surface area (Å²) in [6.45, 7) is 2.26. The van der Waals surface area contributed by atoms with Crippen LogP contribution in [0.1, 0.15) is 96.8 Å². The predicted molar refractivity (Wildman–Crippen MR) is 93.2 cm³/mol. The van der Waals surface area contributed by atoms with Crippen molar-refractivity contribution >= 4 is 11.7 Å². The molecule has 0 aromatic carbocycles. The van der Waals surface area contributed by atoms with Gasteiger partial charge in [0.05, 0.1) is 0 Å². The molecule has 1 heterocycles. The molecule has 1 aliphatic heterocycles. The van der Waals surface area contributed by atoms with Gasteiger partial charge in [-0.25, -0.2) is 0 Å². The van der Waals surface area contributed by atoms with E-state index in [1.54, 1.807) is 0 Å². The Morgan fingerprint density at radius 3 is 1.57 bits per heavy atom. The maximum atomic E-state index is 11.7. The van der Waals surface area contributed by atoms with Crippen molar-refractivity contribution in [2.24, 2.45) is 5.73 Å². The van der Waals surface area contributed by atoms with Crippen LogP contribution in [0.25, 0.3) is 0 Å². The van der Waals surface area contributed by atoms with Gasteiger partial charge in [0.25, 0.3) is 0 Å². The molecule has 4 nitrogen and oxygen atoms in total. The summed E-state index contributed by atoms with van der Waals surface area (Å²) in [5.74, 6) is -0.481. The smallest absolute Gasteiger partial charge is 0.249 e.